The van der Waals surface area contributed by atoms with Gasteiger partial charge in [0.15, 0.2) is 0 Å². The van der Waals surface area contributed by atoms with Crippen molar-refractivity contribution in [1.29, 1.82) is 0 Å². The number of anilines is 2. The molecule has 26 heavy (non-hydrogen) atoms. The maximum atomic E-state index is 12.5. The van der Waals surface area contributed by atoms with Gasteiger partial charge in [-0.1, -0.05) is 30.3 Å². The molecule has 1 fully saturated rings. The van der Waals surface area contributed by atoms with E-state index in [9.17, 15) is 14.9 Å². The highest BCUT2D eigenvalue weighted by molar-refractivity contribution is 5.77. The summed E-state index contributed by atoms with van der Waals surface area (Å²) in [6.45, 7) is 2.30. The van der Waals surface area contributed by atoms with Gasteiger partial charge in [-0.25, -0.2) is 0 Å². The minimum atomic E-state index is -0.364. The van der Waals surface area contributed by atoms with Crippen molar-refractivity contribution in [3.05, 3.63) is 64.2 Å². The first-order valence-electron chi connectivity index (χ1n) is 8.66. The van der Waals surface area contributed by atoms with Gasteiger partial charge in [0.1, 0.15) is 5.69 Å². The summed E-state index contributed by atoms with van der Waals surface area (Å²) in [6.07, 6.45) is 1.04. The molecule has 0 unspecified atom stereocenters. The highest BCUT2D eigenvalue weighted by atomic mass is 16.6. The molecule has 1 aliphatic heterocycles. The van der Waals surface area contributed by atoms with Gasteiger partial charge in [0.25, 0.3) is 5.69 Å². The fourth-order valence-electron chi connectivity index (χ4n) is 3.24. The third kappa shape index (κ3) is 3.93. The summed E-state index contributed by atoms with van der Waals surface area (Å²) in [5, 5.41) is 11.2. The number of nitrogens with two attached hydrogens (primary N) is 1. The van der Waals surface area contributed by atoms with Gasteiger partial charge in [0.2, 0.25) is 5.91 Å². The van der Waals surface area contributed by atoms with Gasteiger partial charge in [-0.3, -0.25) is 14.9 Å². The zero-order valence-electron chi connectivity index (χ0n) is 14.5. The fourth-order valence-corrected chi connectivity index (χ4v) is 3.24. The normalized spacial score (nSPS) is 14.3. The minimum Gasteiger partial charge on any atom is -0.399 e. The third-order valence-electron chi connectivity index (χ3n) is 4.71. The predicted molar refractivity (Wildman–Crippen MR) is 101 cm³/mol. The second-order valence-corrected chi connectivity index (χ2v) is 6.31. The van der Waals surface area contributed by atoms with Crippen LogP contribution in [0.15, 0.2) is 48.5 Å². The lowest BCUT2D eigenvalue weighted by Gasteiger charge is -2.35. The second kappa shape index (κ2) is 7.86. The summed E-state index contributed by atoms with van der Waals surface area (Å²) >= 11 is 0. The fraction of sp³-hybridized carbons (Fsp3) is 0.316. The Morgan fingerprint density at radius 3 is 2.38 bits per heavy atom. The number of aryl methyl sites for hydroxylation is 1. The second-order valence-electron chi connectivity index (χ2n) is 6.31. The first-order valence-corrected chi connectivity index (χ1v) is 8.66. The van der Waals surface area contributed by atoms with E-state index in [2.05, 4.69) is 0 Å². The Morgan fingerprint density at radius 2 is 1.69 bits per heavy atom. The van der Waals surface area contributed by atoms with E-state index < -0.39 is 0 Å². The smallest absolute Gasteiger partial charge is 0.292 e. The largest absolute Gasteiger partial charge is 0.399 e. The Morgan fingerprint density at radius 1 is 1.04 bits per heavy atom. The molecule has 1 saturated heterocycles. The molecule has 2 N–H and O–H groups in total. The molecular weight excluding hydrogens is 332 g/mol. The lowest BCUT2D eigenvalue weighted by molar-refractivity contribution is -0.384. The van der Waals surface area contributed by atoms with Crippen LogP contribution in [0.4, 0.5) is 17.1 Å². The topological polar surface area (TPSA) is 92.7 Å². The van der Waals surface area contributed by atoms with Crippen LogP contribution in [0.3, 0.4) is 0 Å². The van der Waals surface area contributed by atoms with Crippen LogP contribution in [0.2, 0.25) is 0 Å². The Kier molecular flexibility index (Phi) is 5.36. The number of hydrogen-bond donors (Lipinski definition) is 1. The molecule has 0 aromatic heterocycles. The number of benzene rings is 2. The molecule has 7 nitrogen and oxygen atoms in total. The zero-order valence-corrected chi connectivity index (χ0v) is 14.5. The Hall–Kier alpha value is -3.09. The van der Waals surface area contributed by atoms with E-state index in [4.69, 9.17) is 5.73 Å². The average Bonchev–Trinajstić information content (AvgIpc) is 2.67. The number of nitro groups is 1. The summed E-state index contributed by atoms with van der Waals surface area (Å²) in [5.74, 6) is 0.0930. The molecular formula is C19H22N4O3. The van der Waals surface area contributed by atoms with Gasteiger partial charge in [-0.05, 0) is 24.1 Å². The van der Waals surface area contributed by atoms with Crippen molar-refractivity contribution >= 4 is 23.0 Å². The molecule has 0 radical (unpaired) electrons. The van der Waals surface area contributed by atoms with E-state index in [-0.39, 0.29) is 16.5 Å². The van der Waals surface area contributed by atoms with Crippen molar-refractivity contribution in [2.75, 3.05) is 36.8 Å². The Bertz CT molecular complexity index is 801. The van der Waals surface area contributed by atoms with Crippen molar-refractivity contribution in [1.82, 2.24) is 4.90 Å². The number of carbonyl (C=O) groups excluding carboxylic acids is 1. The van der Waals surface area contributed by atoms with Crippen LogP contribution in [0.25, 0.3) is 0 Å². The van der Waals surface area contributed by atoms with Gasteiger partial charge in [0.05, 0.1) is 4.92 Å². The molecule has 0 saturated carbocycles. The molecule has 0 bridgehead atoms. The van der Waals surface area contributed by atoms with E-state index in [0.717, 1.165) is 5.56 Å². The van der Waals surface area contributed by atoms with Crippen LogP contribution in [-0.2, 0) is 11.2 Å². The lowest BCUT2D eigenvalue weighted by Crippen LogP contribution is -2.49. The Labute approximate surface area is 152 Å². The molecule has 1 aliphatic rings. The van der Waals surface area contributed by atoms with E-state index in [1.165, 1.54) is 6.07 Å². The van der Waals surface area contributed by atoms with Crippen molar-refractivity contribution in [3.8, 4) is 0 Å². The number of nitro benzene ring substituents is 1. The number of hydrogen-bond acceptors (Lipinski definition) is 5. The van der Waals surface area contributed by atoms with Gasteiger partial charge < -0.3 is 15.5 Å². The van der Waals surface area contributed by atoms with Crippen LogP contribution in [0.1, 0.15) is 12.0 Å². The highest BCUT2D eigenvalue weighted by Crippen LogP contribution is 2.28. The van der Waals surface area contributed by atoms with Gasteiger partial charge in [-0.2, -0.15) is 0 Å². The van der Waals surface area contributed by atoms with E-state index in [1.54, 1.807) is 18.2 Å². The summed E-state index contributed by atoms with van der Waals surface area (Å²) < 4.78 is 0. The first kappa shape index (κ1) is 17.7. The van der Waals surface area contributed by atoms with Crippen molar-refractivity contribution in [2.24, 2.45) is 0 Å². The molecule has 2 aromatic carbocycles. The lowest BCUT2D eigenvalue weighted by atomic mass is 10.1. The van der Waals surface area contributed by atoms with Gasteiger partial charge in [0, 0.05) is 44.4 Å². The number of nitrogen functional groups attached to an aromatic ring is 1. The molecule has 3 rings (SSSR count). The van der Waals surface area contributed by atoms with Crippen molar-refractivity contribution in [3.63, 3.8) is 0 Å². The number of nitrogens with zero attached hydrogens (tertiary/aromatic N) is 3. The maximum Gasteiger partial charge on any atom is 0.292 e. The van der Waals surface area contributed by atoms with Crippen LogP contribution in [0, 0.1) is 10.1 Å². The maximum absolute atomic E-state index is 12.5. The average molecular weight is 354 g/mol. The molecule has 1 amide bonds. The van der Waals surface area contributed by atoms with Gasteiger partial charge in [-0.15, -0.1) is 0 Å². The van der Waals surface area contributed by atoms with Crippen LogP contribution in [-0.4, -0.2) is 41.9 Å². The summed E-state index contributed by atoms with van der Waals surface area (Å²) in [6, 6.07) is 14.3. The number of rotatable bonds is 5. The Balaban J connectivity index is 1.56. The van der Waals surface area contributed by atoms with Gasteiger partial charge >= 0.3 is 0 Å². The number of amides is 1. The standard InChI is InChI=1S/C19H22N4O3/c20-16-6-2-1-5-15(16)9-10-19(24)22-13-11-21(12-14-22)17-7-3-4-8-18(17)23(25)26/h1-8H,9-14,20H2. The highest BCUT2D eigenvalue weighted by Gasteiger charge is 2.25. The third-order valence-corrected chi connectivity index (χ3v) is 4.71. The zero-order chi connectivity index (χ0) is 18.5. The van der Waals surface area contributed by atoms with Crippen molar-refractivity contribution in [2.45, 2.75) is 12.8 Å². The van der Waals surface area contributed by atoms with Crippen molar-refractivity contribution < 1.29 is 9.72 Å². The van der Waals surface area contributed by atoms with E-state index in [1.807, 2.05) is 34.1 Å². The predicted octanol–water partition coefficient (Wildman–Crippen LogP) is 2.46. The molecule has 0 spiro atoms. The molecule has 0 atom stereocenters. The number of para-hydroxylation sites is 3. The van der Waals surface area contributed by atoms with E-state index in [0.29, 0.717) is 50.4 Å². The molecule has 1 heterocycles. The molecule has 136 valence electrons. The summed E-state index contributed by atoms with van der Waals surface area (Å²) in [5.41, 5.74) is 8.33. The molecule has 0 aliphatic carbocycles. The quantitative estimate of drug-likeness (QED) is 0.506. The first-order chi connectivity index (χ1) is 12.6. The van der Waals surface area contributed by atoms with E-state index >= 15 is 0 Å². The number of carbonyl (C=O) groups is 1. The minimum absolute atomic E-state index is 0.0930. The summed E-state index contributed by atoms with van der Waals surface area (Å²) in [4.78, 5) is 27.1. The molecule has 2 aromatic rings. The van der Waals surface area contributed by atoms with Crippen LogP contribution >= 0.6 is 0 Å². The molecule has 7 heteroatoms. The monoisotopic (exact) mass is 354 g/mol. The summed E-state index contributed by atoms with van der Waals surface area (Å²) in [7, 11) is 0. The van der Waals surface area contributed by atoms with Crippen LogP contribution in [0.5, 0.6) is 0 Å². The SMILES string of the molecule is Nc1ccccc1CCC(=O)N1CCN(c2ccccc2[N+](=O)[O-])CC1. The number of piperazine rings is 1. The van der Waals surface area contributed by atoms with Crippen LogP contribution < -0.4 is 10.6 Å².